The van der Waals surface area contributed by atoms with Gasteiger partial charge in [0.25, 0.3) is 0 Å². The molecule has 1 N–H and O–H groups in total. The van der Waals surface area contributed by atoms with Crippen molar-refractivity contribution in [3.05, 3.63) is 18.2 Å². The summed E-state index contributed by atoms with van der Waals surface area (Å²) in [4.78, 5) is 4.38. The molecular formula is C16H29N3O. The van der Waals surface area contributed by atoms with Crippen molar-refractivity contribution in [1.29, 1.82) is 0 Å². The van der Waals surface area contributed by atoms with Crippen LogP contribution in [0.15, 0.2) is 12.5 Å². The molecule has 1 aromatic heterocycles. The van der Waals surface area contributed by atoms with Crippen molar-refractivity contribution >= 4 is 0 Å². The molecule has 0 bridgehead atoms. The molecule has 2 rings (SSSR count). The van der Waals surface area contributed by atoms with Crippen molar-refractivity contribution in [2.75, 3.05) is 13.7 Å². The number of rotatable bonds is 6. The lowest BCUT2D eigenvalue weighted by Crippen LogP contribution is -2.36. The molecular weight excluding hydrogens is 250 g/mol. The van der Waals surface area contributed by atoms with Gasteiger partial charge in [-0.3, -0.25) is 0 Å². The van der Waals surface area contributed by atoms with Crippen LogP contribution in [0.25, 0.3) is 0 Å². The molecule has 2 heterocycles. The Balaban J connectivity index is 2.04. The standard InChI is InChI=1S/C16H29N3O/c1-13-6-5-7-14(18-13)15-10-17-12-19(15)11-16(2,3)8-9-20-4/h10,12-14,18H,5-9,11H2,1-4H3. The second-order valence-electron chi connectivity index (χ2n) is 6.90. The lowest BCUT2D eigenvalue weighted by atomic mass is 9.89. The Morgan fingerprint density at radius 2 is 2.25 bits per heavy atom. The Labute approximate surface area is 122 Å². The average Bonchev–Trinajstić information content (AvgIpc) is 2.84. The molecule has 0 saturated carbocycles. The summed E-state index contributed by atoms with van der Waals surface area (Å²) in [5.41, 5.74) is 1.56. The van der Waals surface area contributed by atoms with Gasteiger partial charge in [-0.1, -0.05) is 13.8 Å². The highest BCUT2D eigenvalue weighted by atomic mass is 16.5. The van der Waals surface area contributed by atoms with Crippen LogP contribution in [0.3, 0.4) is 0 Å². The second-order valence-corrected chi connectivity index (χ2v) is 6.90. The third-order valence-corrected chi connectivity index (χ3v) is 4.30. The molecule has 0 spiro atoms. The van der Waals surface area contributed by atoms with Crippen LogP contribution in [-0.2, 0) is 11.3 Å². The Kier molecular flexibility index (Phi) is 5.22. The summed E-state index contributed by atoms with van der Waals surface area (Å²) >= 11 is 0. The Bertz CT molecular complexity index is 414. The van der Waals surface area contributed by atoms with E-state index in [0.717, 1.165) is 19.6 Å². The largest absolute Gasteiger partial charge is 0.385 e. The Morgan fingerprint density at radius 3 is 2.95 bits per heavy atom. The summed E-state index contributed by atoms with van der Waals surface area (Å²) in [5.74, 6) is 0. The van der Waals surface area contributed by atoms with Gasteiger partial charge in [-0.15, -0.1) is 0 Å². The first kappa shape index (κ1) is 15.5. The monoisotopic (exact) mass is 279 g/mol. The zero-order valence-corrected chi connectivity index (χ0v) is 13.4. The number of aromatic nitrogens is 2. The van der Waals surface area contributed by atoms with Crippen molar-refractivity contribution in [3.63, 3.8) is 0 Å². The summed E-state index contributed by atoms with van der Waals surface area (Å²) in [6.07, 6.45) is 8.87. The number of hydrogen-bond acceptors (Lipinski definition) is 3. The van der Waals surface area contributed by atoms with E-state index in [9.17, 15) is 0 Å². The van der Waals surface area contributed by atoms with E-state index in [1.54, 1.807) is 7.11 Å². The van der Waals surface area contributed by atoms with Gasteiger partial charge in [0.05, 0.1) is 12.0 Å². The maximum absolute atomic E-state index is 5.22. The molecule has 1 saturated heterocycles. The van der Waals surface area contributed by atoms with Gasteiger partial charge in [0.1, 0.15) is 0 Å². The average molecular weight is 279 g/mol. The van der Waals surface area contributed by atoms with Gasteiger partial charge in [-0.25, -0.2) is 4.98 Å². The van der Waals surface area contributed by atoms with Crippen LogP contribution in [-0.4, -0.2) is 29.3 Å². The van der Waals surface area contributed by atoms with Crippen LogP contribution >= 0.6 is 0 Å². The fraction of sp³-hybridized carbons (Fsp3) is 0.812. The van der Waals surface area contributed by atoms with Crippen LogP contribution in [0.4, 0.5) is 0 Å². The van der Waals surface area contributed by atoms with E-state index in [-0.39, 0.29) is 5.41 Å². The highest BCUT2D eigenvalue weighted by Gasteiger charge is 2.25. The summed E-state index contributed by atoms with van der Waals surface area (Å²) in [6, 6.07) is 1.07. The molecule has 4 heteroatoms. The van der Waals surface area contributed by atoms with Crippen molar-refractivity contribution in [2.24, 2.45) is 5.41 Å². The first-order valence-corrected chi connectivity index (χ1v) is 7.77. The van der Waals surface area contributed by atoms with Crippen LogP contribution in [0.5, 0.6) is 0 Å². The van der Waals surface area contributed by atoms with Crippen molar-refractivity contribution in [1.82, 2.24) is 14.9 Å². The molecule has 1 aliphatic rings. The molecule has 1 aliphatic heterocycles. The third kappa shape index (κ3) is 4.06. The molecule has 1 aromatic rings. The lowest BCUT2D eigenvalue weighted by molar-refractivity contribution is 0.141. The smallest absolute Gasteiger partial charge is 0.0948 e. The summed E-state index contributed by atoms with van der Waals surface area (Å²) in [7, 11) is 1.77. The highest BCUT2D eigenvalue weighted by Crippen LogP contribution is 2.29. The molecule has 0 aromatic carbocycles. The van der Waals surface area contributed by atoms with E-state index in [0.29, 0.717) is 12.1 Å². The van der Waals surface area contributed by atoms with Crippen molar-refractivity contribution in [3.8, 4) is 0 Å². The van der Waals surface area contributed by atoms with Gasteiger partial charge in [-0.05, 0) is 38.0 Å². The van der Waals surface area contributed by atoms with E-state index in [2.05, 4.69) is 35.6 Å². The fourth-order valence-electron chi connectivity index (χ4n) is 3.04. The molecule has 4 nitrogen and oxygen atoms in total. The van der Waals surface area contributed by atoms with Gasteiger partial charge in [0, 0.05) is 38.5 Å². The maximum Gasteiger partial charge on any atom is 0.0948 e. The van der Waals surface area contributed by atoms with Crippen molar-refractivity contribution in [2.45, 2.75) is 65.1 Å². The first-order chi connectivity index (χ1) is 9.52. The van der Waals surface area contributed by atoms with E-state index in [1.807, 2.05) is 12.5 Å². The minimum absolute atomic E-state index is 0.228. The number of ether oxygens (including phenoxy) is 1. The SMILES string of the molecule is COCCC(C)(C)Cn1cncc1C1CCCC(C)N1. The van der Waals surface area contributed by atoms with Gasteiger partial charge in [0.2, 0.25) is 0 Å². The molecule has 20 heavy (non-hydrogen) atoms. The van der Waals surface area contributed by atoms with Crippen LogP contribution in [0.2, 0.25) is 0 Å². The number of nitrogens with zero attached hydrogens (tertiary/aromatic N) is 2. The number of nitrogens with one attached hydrogen (secondary N) is 1. The van der Waals surface area contributed by atoms with Gasteiger partial charge >= 0.3 is 0 Å². The van der Waals surface area contributed by atoms with E-state index in [1.165, 1.54) is 25.0 Å². The van der Waals surface area contributed by atoms with Gasteiger partial charge in [0.15, 0.2) is 0 Å². The lowest BCUT2D eigenvalue weighted by Gasteiger charge is -2.31. The summed E-state index contributed by atoms with van der Waals surface area (Å²) < 4.78 is 7.55. The van der Waals surface area contributed by atoms with E-state index in [4.69, 9.17) is 4.74 Å². The Hall–Kier alpha value is -0.870. The minimum Gasteiger partial charge on any atom is -0.385 e. The third-order valence-electron chi connectivity index (χ3n) is 4.30. The molecule has 2 unspecified atom stereocenters. The number of piperidine rings is 1. The maximum atomic E-state index is 5.22. The quantitative estimate of drug-likeness (QED) is 0.869. The predicted molar refractivity (Wildman–Crippen MR) is 81.7 cm³/mol. The molecule has 0 amide bonds. The second kappa shape index (κ2) is 6.72. The number of imidazole rings is 1. The predicted octanol–water partition coefficient (Wildman–Crippen LogP) is 3.15. The number of methoxy groups -OCH3 is 1. The molecule has 0 aliphatic carbocycles. The fourth-order valence-corrected chi connectivity index (χ4v) is 3.04. The number of hydrogen-bond donors (Lipinski definition) is 1. The Morgan fingerprint density at radius 1 is 1.45 bits per heavy atom. The normalized spacial score (nSPS) is 24.0. The molecule has 114 valence electrons. The summed E-state index contributed by atoms with van der Waals surface area (Å²) in [6.45, 7) is 8.68. The molecule has 2 atom stereocenters. The molecule has 1 fully saturated rings. The highest BCUT2D eigenvalue weighted by molar-refractivity contribution is 5.07. The van der Waals surface area contributed by atoms with Crippen LogP contribution in [0, 0.1) is 5.41 Å². The van der Waals surface area contributed by atoms with Gasteiger partial charge < -0.3 is 14.6 Å². The van der Waals surface area contributed by atoms with Crippen LogP contribution in [0.1, 0.15) is 58.2 Å². The minimum atomic E-state index is 0.228. The van der Waals surface area contributed by atoms with E-state index < -0.39 is 0 Å². The van der Waals surface area contributed by atoms with Crippen molar-refractivity contribution < 1.29 is 4.74 Å². The molecule has 0 radical (unpaired) electrons. The van der Waals surface area contributed by atoms with E-state index >= 15 is 0 Å². The summed E-state index contributed by atoms with van der Waals surface area (Å²) in [5, 5.41) is 3.70. The zero-order valence-electron chi connectivity index (χ0n) is 13.4. The zero-order chi connectivity index (χ0) is 14.6. The van der Waals surface area contributed by atoms with Gasteiger partial charge in [-0.2, -0.15) is 0 Å². The first-order valence-electron chi connectivity index (χ1n) is 7.77. The topological polar surface area (TPSA) is 39.1 Å². The van der Waals surface area contributed by atoms with Crippen LogP contribution < -0.4 is 5.32 Å².